The van der Waals surface area contributed by atoms with Crippen LogP contribution in [0.5, 0.6) is 0 Å². The fourth-order valence-electron chi connectivity index (χ4n) is 16.4. The molecule has 0 saturated carbocycles. The molecule has 0 bridgehead atoms. The Kier molecular flexibility index (Phi) is 14.1. The summed E-state index contributed by atoms with van der Waals surface area (Å²) in [6.07, 6.45) is 0. The lowest BCUT2D eigenvalue weighted by atomic mass is 9.67. The Morgan fingerprint density at radius 1 is 0.230 bits per heavy atom. The smallest absolute Gasteiger partial charge is 0.0714 e. The first-order chi connectivity index (χ1) is 49.6. The van der Waals surface area contributed by atoms with Gasteiger partial charge in [0.25, 0.3) is 0 Å². The molecule has 100 heavy (non-hydrogen) atoms. The molecular weight excluding hydrogens is 1210 g/mol. The van der Waals surface area contributed by atoms with E-state index in [4.69, 9.17) is 0 Å². The fraction of sp³-hybridized carbons (Fsp3) is 0.0103. The van der Waals surface area contributed by atoms with Gasteiger partial charge in [0.15, 0.2) is 0 Å². The average Bonchev–Trinajstić information content (AvgIpc) is 1.51. The quantitative estimate of drug-likeness (QED) is 0.112. The number of benzene rings is 16. The normalized spacial score (nSPS) is 12.3. The van der Waals surface area contributed by atoms with Crippen molar-refractivity contribution in [2.45, 2.75) is 5.41 Å². The van der Waals surface area contributed by atoms with Gasteiger partial charge in [-0.05, 0) is 186 Å². The van der Waals surface area contributed by atoms with E-state index in [-0.39, 0.29) is 0 Å². The van der Waals surface area contributed by atoms with Gasteiger partial charge in [0.1, 0.15) is 0 Å². The maximum Gasteiger partial charge on any atom is 0.0714 e. The summed E-state index contributed by atoms with van der Waals surface area (Å²) in [5.41, 5.74) is 30.6. The van der Waals surface area contributed by atoms with Crippen molar-refractivity contribution in [3.63, 3.8) is 0 Å². The summed E-state index contributed by atoms with van der Waals surface area (Å²) in [7, 11) is 0. The number of fused-ring (bicyclic) bond motifs is 10. The summed E-state index contributed by atoms with van der Waals surface area (Å²) < 4.78 is 4.99. The number of rotatable bonds is 13. The van der Waals surface area contributed by atoms with E-state index in [0.717, 1.165) is 89.5 Å². The van der Waals surface area contributed by atoms with Crippen molar-refractivity contribution in [3.8, 4) is 89.3 Å². The minimum atomic E-state index is -0.691. The maximum atomic E-state index is 2.54. The molecule has 0 N–H and O–H groups in total. The van der Waals surface area contributed by atoms with Crippen LogP contribution in [0.4, 0.5) is 17.1 Å². The van der Waals surface area contributed by atoms with Crippen LogP contribution in [0, 0.1) is 0 Å². The van der Waals surface area contributed by atoms with Crippen LogP contribution in [-0.4, -0.2) is 9.13 Å². The molecule has 0 fully saturated rings. The molecule has 1 aliphatic carbocycles. The zero-order valence-corrected chi connectivity index (χ0v) is 54.9. The molecule has 0 aliphatic heterocycles. The molecule has 19 rings (SSSR count). The van der Waals surface area contributed by atoms with Gasteiger partial charge in [0.2, 0.25) is 0 Å². The Bertz CT molecular complexity index is 5950. The van der Waals surface area contributed by atoms with Gasteiger partial charge < -0.3 is 14.0 Å². The van der Waals surface area contributed by atoms with Crippen molar-refractivity contribution in [1.82, 2.24) is 9.13 Å². The third-order valence-corrected chi connectivity index (χ3v) is 20.7. The summed E-state index contributed by atoms with van der Waals surface area (Å²) in [4.78, 5) is 2.49. The zero-order valence-electron chi connectivity index (χ0n) is 54.9. The standard InChI is InChI=1S/C97H65N3/c1-6-29-66(30-7-1)70-37-26-40-76(60-70)97(77-41-27-38-71(61-77)67-31-8-2-9-32-67)88-50-21-18-49-86(88)95-89(97)57-56-85-87-65-73(55-58-92(87)99(96(85)95)78-42-14-5-15-43-78)82-46-17-16-45-81(82)72-39-28-44-79(62-72)98(80-63-74(68-33-10-3-11-34-68)59-75(64-80)69-35-12-4-13-36-69)93-53-24-25-54-94(93)100-90-51-22-19-47-83(90)84-48-20-23-52-91(84)100/h1-65H. The molecule has 0 radical (unpaired) electrons. The van der Waals surface area contributed by atoms with Crippen LogP contribution in [0.2, 0.25) is 0 Å². The number of hydrogen-bond acceptors (Lipinski definition) is 1. The number of para-hydroxylation sites is 5. The van der Waals surface area contributed by atoms with Gasteiger partial charge >= 0.3 is 0 Å². The fourth-order valence-corrected chi connectivity index (χ4v) is 16.4. The lowest BCUT2D eigenvalue weighted by molar-refractivity contribution is 0.769. The Hall–Kier alpha value is -13.1. The second-order valence-corrected chi connectivity index (χ2v) is 26.3. The molecule has 0 unspecified atom stereocenters. The second kappa shape index (κ2) is 24.2. The number of aromatic nitrogens is 2. The molecule has 16 aromatic carbocycles. The van der Waals surface area contributed by atoms with Crippen LogP contribution in [0.3, 0.4) is 0 Å². The molecule has 0 amide bonds. The first-order valence-electron chi connectivity index (χ1n) is 34.5. The van der Waals surface area contributed by atoms with Gasteiger partial charge in [-0.15, -0.1) is 0 Å². The Morgan fingerprint density at radius 3 is 1.28 bits per heavy atom. The molecule has 3 nitrogen and oxygen atoms in total. The number of hydrogen-bond donors (Lipinski definition) is 0. The zero-order chi connectivity index (χ0) is 66.1. The lowest BCUT2D eigenvalue weighted by Crippen LogP contribution is -2.28. The second-order valence-electron chi connectivity index (χ2n) is 26.3. The maximum absolute atomic E-state index is 2.54. The van der Waals surface area contributed by atoms with Crippen LogP contribution in [0.25, 0.3) is 133 Å². The van der Waals surface area contributed by atoms with Crippen LogP contribution in [0.1, 0.15) is 22.3 Å². The van der Waals surface area contributed by atoms with Crippen molar-refractivity contribution in [2.24, 2.45) is 0 Å². The SMILES string of the molecule is c1ccc(-c2cc(-c3ccccc3)cc(N(c3cccc(-c4ccccc4-c4ccc5c(c4)c4ccc6c(c4n5-c4ccccc4)-c4ccccc4C6(c4cccc(-c5ccccc5)c4)c4cccc(-c5ccccc5)c4)c3)c3ccccc3-n3c4ccccc4c4ccccc43)c2)cc1. The van der Waals surface area contributed by atoms with E-state index < -0.39 is 5.41 Å². The van der Waals surface area contributed by atoms with Gasteiger partial charge in [-0.3, -0.25) is 0 Å². The molecule has 2 aromatic heterocycles. The number of nitrogens with zero attached hydrogens (tertiary/aromatic N) is 3. The molecule has 0 saturated heterocycles. The van der Waals surface area contributed by atoms with Gasteiger partial charge in [-0.1, -0.05) is 303 Å². The van der Waals surface area contributed by atoms with E-state index in [1.807, 2.05) is 0 Å². The molecule has 468 valence electrons. The van der Waals surface area contributed by atoms with Crippen molar-refractivity contribution in [3.05, 3.63) is 417 Å². The molecule has 0 spiro atoms. The molecule has 18 aromatic rings. The van der Waals surface area contributed by atoms with Gasteiger partial charge in [0, 0.05) is 44.2 Å². The average molecular weight is 1270 g/mol. The third-order valence-electron chi connectivity index (χ3n) is 20.7. The largest absolute Gasteiger partial charge is 0.309 e. The topological polar surface area (TPSA) is 13.1 Å². The molecule has 1 aliphatic rings. The first kappa shape index (κ1) is 58.3. The highest BCUT2D eigenvalue weighted by Gasteiger charge is 2.48. The van der Waals surface area contributed by atoms with Crippen molar-refractivity contribution < 1.29 is 0 Å². The van der Waals surface area contributed by atoms with E-state index in [2.05, 4.69) is 408 Å². The predicted molar refractivity (Wildman–Crippen MR) is 420 cm³/mol. The molecule has 3 heteroatoms. The summed E-state index contributed by atoms with van der Waals surface area (Å²) in [6.45, 7) is 0. The Morgan fingerprint density at radius 2 is 0.680 bits per heavy atom. The van der Waals surface area contributed by atoms with Crippen molar-refractivity contribution in [1.29, 1.82) is 0 Å². The van der Waals surface area contributed by atoms with E-state index in [1.165, 1.54) is 82.7 Å². The highest BCUT2D eigenvalue weighted by molar-refractivity contribution is 6.17. The highest BCUT2D eigenvalue weighted by atomic mass is 15.2. The summed E-state index contributed by atoms with van der Waals surface area (Å²) >= 11 is 0. The molecule has 2 heterocycles. The van der Waals surface area contributed by atoms with Crippen LogP contribution >= 0.6 is 0 Å². The lowest BCUT2D eigenvalue weighted by Gasteiger charge is -2.34. The number of anilines is 3. The summed E-state index contributed by atoms with van der Waals surface area (Å²) in [5, 5.41) is 4.83. The molecule has 0 atom stereocenters. The van der Waals surface area contributed by atoms with E-state index in [1.54, 1.807) is 0 Å². The van der Waals surface area contributed by atoms with E-state index in [9.17, 15) is 0 Å². The van der Waals surface area contributed by atoms with Crippen LogP contribution < -0.4 is 4.90 Å². The first-order valence-corrected chi connectivity index (χ1v) is 34.5. The Balaban J connectivity index is 0.814. The predicted octanol–water partition coefficient (Wildman–Crippen LogP) is 25.7. The van der Waals surface area contributed by atoms with E-state index >= 15 is 0 Å². The third kappa shape index (κ3) is 9.58. The van der Waals surface area contributed by atoms with Gasteiger partial charge in [-0.2, -0.15) is 0 Å². The van der Waals surface area contributed by atoms with Crippen molar-refractivity contribution >= 4 is 60.7 Å². The van der Waals surface area contributed by atoms with E-state index in [0.29, 0.717) is 0 Å². The van der Waals surface area contributed by atoms with Crippen LogP contribution in [0.15, 0.2) is 394 Å². The Labute approximate surface area is 582 Å². The van der Waals surface area contributed by atoms with Crippen molar-refractivity contribution in [2.75, 3.05) is 4.90 Å². The highest BCUT2D eigenvalue weighted by Crippen LogP contribution is 2.60. The van der Waals surface area contributed by atoms with Gasteiger partial charge in [-0.25, -0.2) is 0 Å². The summed E-state index contributed by atoms with van der Waals surface area (Å²) in [6, 6.07) is 146. The van der Waals surface area contributed by atoms with Crippen LogP contribution in [-0.2, 0) is 5.41 Å². The monoisotopic (exact) mass is 1270 g/mol. The minimum absolute atomic E-state index is 0.691. The summed E-state index contributed by atoms with van der Waals surface area (Å²) in [5.74, 6) is 0. The minimum Gasteiger partial charge on any atom is -0.309 e. The molecular formula is C97H65N3. The van der Waals surface area contributed by atoms with Gasteiger partial charge in [0.05, 0.1) is 38.9 Å².